The summed E-state index contributed by atoms with van der Waals surface area (Å²) >= 11 is 0. The Labute approximate surface area is 267 Å². The van der Waals surface area contributed by atoms with E-state index in [1.165, 1.54) is 18.5 Å². The van der Waals surface area contributed by atoms with Gasteiger partial charge in [-0.05, 0) is 61.6 Å². The van der Waals surface area contributed by atoms with Crippen LogP contribution in [0.4, 0.5) is 20.6 Å². The number of carbonyl (C=O) groups is 2. The van der Waals surface area contributed by atoms with Gasteiger partial charge in [0.05, 0.1) is 6.20 Å². The van der Waals surface area contributed by atoms with Gasteiger partial charge in [0.2, 0.25) is 5.91 Å². The molecule has 46 heavy (non-hydrogen) atoms. The van der Waals surface area contributed by atoms with Gasteiger partial charge >= 0.3 is 6.03 Å². The van der Waals surface area contributed by atoms with E-state index >= 15 is 0 Å². The monoisotopic (exact) mass is 623 g/mol. The van der Waals surface area contributed by atoms with Crippen LogP contribution in [0.3, 0.4) is 0 Å². The number of aromatic nitrogens is 2. The second-order valence-electron chi connectivity index (χ2n) is 11.9. The molecule has 6 rings (SSSR count). The third kappa shape index (κ3) is 6.74. The Kier molecular flexibility index (Phi) is 9.02. The van der Waals surface area contributed by atoms with Crippen LogP contribution in [-0.4, -0.2) is 78.0 Å². The van der Waals surface area contributed by atoms with Crippen molar-refractivity contribution < 1.29 is 18.4 Å². The third-order valence-electron chi connectivity index (χ3n) is 8.43. The summed E-state index contributed by atoms with van der Waals surface area (Å²) < 4.78 is 19.6. The average molecular weight is 624 g/mol. The smallest absolute Gasteiger partial charge is 0.318 e. The predicted octanol–water partition coefficient (Wildman–Crippen LogP) is 5.67. The highest BCUT2D eigenvalue weighted by Crippen LogP contribution is 2.33. The van der Waals surface area contributed by atoms with Gasteiger partial charge in [0.1, 0.15) is 11.9 Å². The number of rotatable bonds is 9. The maximum absolute atomic E-state index is 14.1. The fourth-order valence-electron chi connectivity index (χ4n) is 6.11. The molecule has 0 bridgehead atoms. The van der Waals surface area contributed by atoms with E-state index in [4.69, 9.17) is 4.42 Å². The molecule has 10 nitrogen and oxygen atoms in total. The molecule has 0 unspecified atom stereocenters. The summed E-state index contributed by atoms with van der Waals surface area (Å²) in [6.45, 7) is 4.57. The van der Waals surface area contributed by atoms with E-state index in [2.05, 4.69) is 30.4 Å². The molecule has 0 aliphatic carbocycles. The average Bonchev–Trinajstić information content (AvgIpc) is 3.74. The van der Waals surface area contributed by atoms with Crippen LogP contribution in [0.15, 0.2) is 89.9 Å². The van der Waals surface area contributed by atoms with Gasteiger partial charge in [-0.1, -0.05) is 37.3 Å². The number of piperazine rings is 1. The molecule has 0 radical (unpaired) electrons. The van der Waals surface area contributed by atoms with Crippen molar-refractivity contribution in [3.63, 3.8) is 0 Å². The van der Waals surface area contributed by atoms with Crippen LogP contribution in [0.1, 0.15) is 24.0 Å². The number of urea groups is 1. The number of benzene rings is 3. The van der Waals surface area contributed by atoms with Gasteiger partial charge in [-0.3, -0.25) is 4.79 Å². The van der Waals surface area contributed by atoms with Crippen LogP contribution in [-0.2, 0) is 11.3 Å². The molecule has 0 spiro atoms. The minimum atomic E-state index is -0.850. The Morgan fingerprint density at radius 1 is 1.04 bits per heavy atom. The summed E-state index contributed by atoms with van der Waals surface area (Å²) in [6.07, 6.45) is 4.78. The molecule has 1 saturated heterocycles. The number of anilines is 2. The van der Waals surface area contributed by atoms with E-state index in [-0.39, 0.29) is 23.7 Å². The van der Waals surface area contributed by atoms with E-state index in [0.717, 1.165) is 34.3 Å². The van der Waals surface area contributed by atoms with Crippen molar-refractivity contribution in [2.24, 2.45) is 0 Å². The number of hydrogen-bond donors (Lipinski definition) is 3. The van der Waals surface area contributed by atoms with Crippen LogP contribution < -0.4 is 15.5 Å². The van der Waals surface area contributed by atoms with Gasteiger partial charge in [-0.25, -0.2) is 14.2 Å². The maximum atomic E-state index is 14.1. The lowest BCUT2D eigenvalue weighted by atomic mass is 9.92. The van der Waals surface area contributed by atoms with E-state index in [1.54, 1.807) is 17.2 Å². The van der Waals surface area contributed by atoms with Crippen molar-refractivity contribution in [2.75, 3.05) is 50.5 Å². The standard InChI is InChI=1S/C35H38FN7O3/c1-23(29-19-38-30-10-5-4-9-27(29)30)33(34(44)39-26-8-6-7-24(17-26)21-41(2)3)40-35(45)43-15-13-42(14-16-43)31-12-11-25(36)18-28(31)32-20-37-22-46-32/h4-12,17-20,22-23,33,38H,13-16,21H2,1-3H3,(H,39,44)(H,40,45)/t23-,33-/m1/s1. The van der Waals surface area contributed by atoms with Crippen molar-refractivity contribution in [3.8, 4) is 11.3 Å². The van der Waals surface area contributed by atoms with Crippen LogP contribution >= 0.6 is 0 Å². The largest absolute Gasteiger partial charge is 0.443 e. The predicted molar refractivity (Wildman–Crippen MR) is 177 cm³/mol. The minimum Gasteiger partial charge on any atom is -0.443 e. The number of aromatic amines is 1. The Hall–Kier alpha value is -5.16. The lowest BCUT2D eigenvalue weighted by Gasteiger charge is -2.37. The van der Waals surface area contributed by atoms with Gasteiger partial charge in [-0.2, -0.15) is 0 Å². The van der Waals surface area contributed by atoms with Gasteiger partial charge in [-0.15, -0.1) is 0 Å². The number of hydrogen-bond acceptors (Lipinski definition) is 6. The van der Waals surface area contributed by atoms with Crippen molar-refractivity contribution >= 4 is 34.2 Å². The summed E-state index contributed by atoms with van der Waals surface area (Å²) in [5.41, 5.74) is 5.06. The SMILES string of the molecule is C[C@H](c1c[nH]c2ccccc12)[C@@H](NC(=O)N1CCN(c2ccc(F)cc2-c2cnco2)CC1)C(=O)Nc1cccc(CN(C)C)c1. The third-order valence-corrected chi connectivity index (χ3v) is 8.43. The van der Waals surface area contributed by atoms with E-state index in [9.17, 15) is 14.0 Å². The van der Waals surface area contributed by atoms with Crippen LogP contribution in [0.2, 0.25) is 0 Å². The molecule has 1 aliphatic rings. The lowest BCUT2D eigenvalue weighted by molar-refractivity contribution is -0.118. The Morgan fingerprint density at radius 3 is 2.61 bits per heavy atom. The second-order valence-corrected chi connectivity index (χ2v) is 11.9. The first kappa shape index (κ1) is 30.8. The van der Waals surface area contributed by atoms with Gasteiger partial charge in [0.15, 0.2) is 12.2 Å². The molecule has 3 amide bonds. The zero-order valence-electron chi connectivity index (χ0n) is 26.2. The molecule has 238 valence electrons. The molecule has 1 fully saturated rings. The molecule has 11 heteroatoms. The molecule has 1 aliphatic heterocycles. The molecule has 5 aromatic rings. The number of nitrogens with zero attached hydrogens (tertiary/aromatic N) is 4. The number of H-pyrrole nitrogens is 1. The van der Waals surface area contributed by atoms with Crippen LogP contribution in [0, 0.1) is 5.82 Å². The van der Waals surface area contributed by atoms with Crippen LogP contribution in [0.25, 0.3) is 22.2 Å². The summed E-state index contributed by atoms with van der Waals surface area (Å²) in [7, 11) is 3.99. The summed E-state index contributed by atoms with van der Waals surface area (Å²) in [4.78, 5) is 40.8. The summed E-state index contributed by atoms with van der Waals surface area (Å²) in [5, 5.41) is 7.12. The van der Waals surface area contributed by atoms with Crippen molar-refractivity contribution in [1.82, 2.24) is 25.1 Å². The summed E-state index contributed by atoms with van der Waals surface area (Å²) in [6, 6.07) is 19.1. The first-order valence-corrected chi connectivity index (χ1v) is 15.4. The Morgan fingerprint density at radius 2 is 1.85 bits per heavy atom. The topological polar surface area (TPSA) is 110 Å². The molecule has 2 aromatic heterocycles. The van der Waals surface area contributed by atoms with Crippen molar-refractivity contribution in [2.45, 2.75) is 25.4 Å². The molecule has 3 aromatic carbocycles. The van der Waals surface area contributed by atoms with Gasteiger partial charge in [0.25, 0.3) is 0 Å². The van der Waals surface area contributed by atoms with Crippen molar-refractivity contribution in [3.05, 3.63) is 102 Å². The zero-order valence-corrected chi connectivity index (χ0v) is 26.2. The first-order valence-electron chi connectivity index (χ1n) is 15.4. The fourth-order valence-corrected chi connectivity index (χ4v) is 6.11. The van der Waals surface area contributed by atoms with E-state index < -0.39 is 6.04 Å². The highest BCUT2D eigenvalue weighted by molar-refractivity contribution is 5.98. The fraction of sp³-hybridized carbons (Fsp3) is 0.286. The maximum Gasteiger partial charge on any atom is 0.318 e. The lowest BCUT2D eigenvalue weighted by Crippen LogP contribution is -2.56. The molecular formula is C35H38FN7O3. The van der Waals surface area contributed by atoms with E-state index in [0.29, 0.717) is 43.2 Å². The number of para-hydroxylation sites is 1. The number of halogens is 1. The first-order chi connectivity index (χ1) is 22.3. The molecular weight excluding hydrogens is 585 g/mol. The van der Waals surface area contributed by atoms with E-state index in [1.807, 2.05) is 75.7 Å². The Balaban J connectivity index is 1.19. The molecule has 3 N–H and O–H groups in total. The number of nitrogens with one attached hydrogen (secondary N) is 3. The summed E-state index contributed by atoms with van der Waals surface area (Å²) in [5.74, 6) is -0.530. The Bertz CT molecular complexity index is 1810. The molecule has 2 atom stereocenters. The molecule has 3 heterocycles. The highest BCUT2D eigenvalue weighted by atomic mass is 19.1. The second kappa shape index (κ2) is 13.5. The normalized spacial score (nSPS) is 14.8. The van der Waals surface area contributed by atoms with Crippen LogP contribution in [0.5, 0.6) is 0 Å². The highest BCUT2D eigenvalue weighted by Gasteiger charge is 2.32. The number of fused-ring (bicyclic) bond motifs is 1. The quantitative estimate of drug-likeness (QED) is 0.195. The van der Waals surface area contributed by atoms with Gasteiger partial charge < -0.3 is 34.7 Å². The number of amides is 3. The molecule has 0 saturated carbocycles. The zero-order chi connectivity index (χ0) is 32.2. The number of oxazole rings is 1. The van der Waals surface area contributed by atoms with Crippen molar-refractivity contribution in [1.29, 1.82) is 0 Å². The minimum absolute atomic E-state index is 0.296. The van der Waals surface area contributed by atoms with Gasteiger partial charge in [0, 0.05) is 72.7 Å². The number of carbonyl (C=O) groups excluding carboxylic acids is 2.